The summed E-state index contributed by atoms with van der Waals surface area (Å²) in [6.07, 6.45) is 2.38. The molecule has 0 aromatic rings. The number of hydrogen-bond acceptors (Lipinski definition) is 4. The highest BCUT2D eigenvalue weighted by molar-refractivity contribution is 5.89. The monoisotopic (exact) mass is 299 g/mol. The molecule has 0 aromatic heterocycles. The Morgan fingerprint density at radius 3 is 2.86 bits per heavy atom. The third-order valence-corrected chi connectivity index (χ3v) is 3.85. The van der Waals surface area contributed by atoms with Gasteiger partial charge < -0.3 is 20.3 Å². The number of carbonyl (C=O) groups is 2. The summed E-state index contributed by atoms with van der Waals surface area (Å²) in [4.78, 5) is 25.9. The first-order chi connectivity index (χ1) is 10.1. The van der Waals surface area contributed by atoms with Crippen LogP contribution in [-0.2, 0) is 14.3 Å². The summed E-state index contributed by atoms with van der Waals surface area (Å²) in [5.74, 6) is -0.104. The van der Waals surface area contributed by atoms with Crippen molar-refractivity contribution in [2.75, 3.05) is 39.9 Å². The number of nitrogens with zero attached hydrogens (tertiary/aromatic N) is 1. The molecule has 6 heteroatoms. The Morgan fingerprint density at radius 1 is 1.43 bits per heavy atom. The second-order valence-electron chi connectivity index (χ2n) is 5.62. The summed E-state index contributed by atoms with van der Waals surface area (Å²) >= 11 is 0. The van der Waals surface area contributed by atoms with Crippen LogP contribution >= 0.6 is 0 Å². The van der Waals surface area contributed by atoms with E-state index in [0.717, 1.165) is 19.4 Å². The second kappa shape index (κ2) is 9.73. The number of nitrogens with one attached hydrogen (secondary N) is 2. The first-order valence-corrected chi connectivity index (χ1v) is 7.87. The molecule has 0 aliphatic carbocycles. The van der Waals surface area contributed by atoms with Crippen molar-refractivity contribution in [2.24, 2.45) is 5.92 Å². The largest absolute Gasteiger partial charge is 0.383 e. The van der Waals surface area contributed by atoms with Crippen LogP contribution in [0.15, 0.2) is 0 Å². The Bertz CT molecular complexity index is 336. The summed E-state index contributed by atoms with van der Waals surface area (Å²) < 4.78 is 4.92. The zero-order valence-electron chi connectivity index (χ0n) is 13.5. The molecule has 0 saturated carbocycles. The Balaban J connectivity index is 2.25. The third kappa shape index (κ3) is 6.01. The van der Waals surface area contributed by atoms with Crippen molar-refractivity contribution in [3.05, 3.63) is 0 Å². The lowest BCUT2D eigenvalue weighted by Crippen LogP contribution is -2.39. The zero-order valence-corrected chi connectivity index (χ0v) is 13.5. The molecule has 2 unspecified atom stereocenters. The van der Waals surface area contributed by atoms with E-state index in [4.69, 9.17) is 4.74 Å². The Kier molecular flexibility index (Phi) is 8.30. The smallest absolute Gasteiger partial charge is 0.225 e. The molecule has 1 saturated heterocycles. The standard InChI is InChI=1S/C15H29N3O3/c1-4-5-12(2)18-11-13(10-14(18)19)15(20)17-7-6-16-8-9-21-3/h12-13,16H,4-11H2,1-3H3,(H,17,20). The van der Waals surface area contributed by atoms with Gasteiger partial charge in [-0.25, -0.2) is 0 Å². The van der Waals surface area contributed by atoms with E-state index in [0.29, 0.717) is 32.7 Å². The topological polar surface area (TPSA) is 70.7 Å². The van der Waals surface area contributed by atoms with Crippen LogP contribution in [0.4, 0.5) is 0 Å². The number of rotatable bonds is 10. The minimum absolute atomic E-state index is 0.0110. The van der Waals surface area contributed by atoms with Crippen LogP contribution in [0.25, 0.3) is 0 Å². The molecule has 1 heterocycles. The van der Waals surface area contributed by atoms with Crippen molar-refractivity contribution < 1.29 is 14.3 Å². The molecule has 2 N–H and O–H groups in total. The molecular weight excluding hydrogens is 270 g/mol. The predicted molar refractivity (Wildman–Crippen MR) is 81.9 cm³/mol. The number of ether oxygens (including phenoxy) is 1. The number of amides is 2. The van der Waals surface area contributed by atoms with Crippen LogP contribution in [-0.4, -0.2) is 62.7 Å². The number of likely N-dealkylation sites (tertiary alicyclic amines) is 1. The molecule has 21 heavy (non-hydrogen) atoms. The summed E-state index contributed by atoms with van der Waals surface area (Å²) in [6.45, 7) is 7.46. The van der Waals surface area contributed by atoms with E-state index in [2.05, 4.69) is 24.5 Å². The molecule has 2 atom stereocenters. The summed E-state index contributed by atoms with van der Waals surface area (Å²) in [6, 6.07) is 0.232. The maximum atomic E-state index is 12.1. The summed E-state index contributed by atoms with van der Waals surface area (Å²) in [5, 5.41) is 6.06. The number of methoxy groups -OCH3 is 1. The first kappa shape index (κ1) is 17.9. The van der Waals surface area contributed by atoms with Gasteiger partial charge in [0.05, 0.1) is 12.5 Å². The molecule has 1 aliphatic heterocycles. The van der Waals surface area contributed by atoms with Crippen molar-refractivity contribution in [3.63, 3.8) is 0 Å². The van der Waals surface area contributed by atoms with Crippen molar-refractivity contribution >= 4 is 11.8 Å². The molecule has 0 spiro atoms. The van der Waals surface area contributed by atoms with Gasteiger partial charge in [-0.1, -0.05) is 13.3 Å². The molecule has 1 fully saturated rings. The maximum absolute atomic E-state index is 12.1. The van der Waals surface area contributed by atoms with E-state index < -0.39 is 0 Å². The fourth-order valence-electron chi connectivity index (χ4n) is 2.62. The Morgan fingerprint density at radius 2 is 2.19 bits per heavy atom. The molecule has 6 nitrogen and oxygen atoms in total. The third-order valence-electron chi connectivity index (χ3n) is 3.85. The highest BCUT2D eigenvalue weighted by Gasteiger charge is 2.35. The quantitative estimate of drug-likeness (QED) is 0.572. The van der Waals surface area contributed by atoms with Gasteiger partial charge in [0, 0.05) is 45.8 Å². The van der Waals surface area contributed by atoms with Crippen molar-refractivity contribution in [1.82, 2.24) is 15.5 Å². The SMILES string of the molecule is CCCC(C)N1CC(C(=O)NCCNCCOC)CC1=O. The highest BCUT2D eigenvalue weighted by atomic mass is 16.5. The minimum atomic E-state index is -0.198. The van der Waals surface area contributed by atoms with Crippen LogP contribution in [0, 0.1) is 5.92 Å². The minimum Gasteiger partial charge on any atom is -0.383 e. The molecule has 1 rings (SSSR count). The molecule has 122 valence electrons. The van der Waals surface area contributed by atoms with E-state index in [9.17, 15) is 9.59 Å². The molecule has 0 radical (unpaired) electrons. The van der Waals surface area contributed by atoms with Gasteiger partial charge in [-0.2, -0.15) is 0 Å². The molecule has 1 aliphatic rings. The van der Waals surface area contributed by atoms with Crippen LogP contribution in [0.3, 0.4) is 0 Å². The fourth-order valence-corrected chi connectivity index (χ4v) is 2.62. The highest BCUT2D eigenvalue weighted by Crippen LogP contribution is 2.22. The van der Waals surface area contributed by atoms with Gasteiger partial charge in [-0.15, -0.1) is 0 Å². The average Bonchev–Trinajstić information content (AvgIpc) is 2.85. The number of hydrogen-bond donors (Lipinski definition) is 2. The summed E-state index contributed by atoms with van der Waals surface area (Å²) in [5.41, 5.74) is 0. The molecular formula is C15H29N3O3. The van der Waals surface area contributed by atoms with Crippen molar-refractivity contribution in [1.29, 1.82) is 0 Å². The van der Waals surface area contributed by atoms with Gasteiger partial charge in [0.1, 0.15) is 0 Å². The van der Waals surface area contributed by atoms with Crippen molar-refractivity contribution in [3.8, 4) is 0 Å². The molecule has 2 amide bonds. The Hall–Kier alpha value is -1.14. The molecule has 0 aromatic carbocycles. The molecule has 0 bridgehead atoms. The van der Waals surface area contributed by atoms with Crippen LogP contribution in [0.5, 0.6) is 0 Å². The normalized spacial score (nSPS) is 19.9. The van der Waals surface area contributed by atoms with E-state index in [1.54, 1.807) is 7.11 Å². The fraction of sp³-hybridized carbons (Fsp3) is 0.867. The van der Waals surface area contributed by atoms with Gasteiger partial charge in [0.25, 0.3) is 0 Å². The van der Waals surface area contributed by atoms with Gasteiger partial charge >= 0.3 is 0 Å². The summed E-state index contributed by atoms with van der Waals surface area (Å²) in [7, 11) is 1.66. The van der Waals surface area contributed by atoms with E-state index in [1.165, 1.54) is 0 Å². The van der Waals surface area contributed by atoms with Crippen LogP contribution < -0.4 is 10.6 Å². The second-order valence-corrected chi connectivity index (χ2v) is 5.62. The maximum Gasteiger partial charge on any atom is 0.225 e. The van der Waals surface area contributed by atoms with Crippen LogP contribution in [0.2, 0.25) is 0 Å². The van der Waals surface area contributed by atoms with Gasteiger partial charge in [0.15, 0.2) is 0 Å². The van der Waals surface area contributed by atoms with E-state index in [1.807, 2.05) is 4.90 Å². The Labute approximate surface area is 127 Å². The van der Waals surface area contributed by atoms with Crippen molar-refractivity contribution in [2.45, 2.75) is 39.2 Å². The average molecular weight is 299 g/mol. The zero-order chi connectivity index (χ0) is 15.7. The lowest BCUT2D eigenvalue weighted by atomic mass is 10.1. The lowest BCUT2D eigenvalue weighted by Gasteiger charge is -2.24. The van der Waals surface area contributed by atoms with E-state index in [-0.39, 0.29) is 23.8 Å². The first-order valence-electron chi connectivity index (χ1n) is 7.87. The van der Waals surface area contributed by atoms with Crippen LogP contribution in [0.1, 0.15) is 33.1 Å². The van der Waals surface area contributed by atoms with Gasteiger partial charge in [-0.3, -0.25) is 9.59 Å². The van der Waals surface area contributed by atoms with Gasteiger partial charge in [0.2, 0.25) is 11.8 Å². The lowest BCUT2D eigenvalue weighted by molar-refractivity contribution is -0.130. The predicted octanol–water partition coefficient (Wildman–Crippen LogP) is 0.376. The number of carbonyl (C=O) groups excluding carboxylic acids is 2. The van der Waals surface area contributed by atoms with Gasteiger partial charge in [-0.05, 0) is 13.3 Å². The van der Waals surface area contributed by atoms with E-state index >= 15 is 0 Å².